The third-order valence-electron chi connectivity index (χ3n) is 4.60. The van der Waals surface area contributed by atoms with E-state index in [1.165, 1.54) is 0 Å². The van der Waals surface area contributed by atoms with Gasteiger partial charge in [-0.05, 0) is 44.6 Å². The van der Waals surface area contributed by atoms with Gasteiger partial charge in [-0.3, -0.25) is 9.59 Å². The molecule has 1 heterocycles. The van der Waals surface area contributed by atoms with Crippen LogP contribution in [0.3, 0.4) is 0 Å². The van der Waals surface area contributed by atoms with E-state index in [9.17, 15) is 9.59 Å². The van der Waals surface area contributed by atoms with Crippen LogP contribution >= 0.6 is 0 Å². The van der Waals surface area contributed by atoms with Crippen LogP contribution in [0.15, 0.2) is 0 Å². The molecule has 2 aliphatic rings. The number of carbonyl (C=O) groups is 2. The van der Waals surface area contributed by atoms with E-state index in [0.717, 1.165) is 45.1 Å². The highest BCUT2D eigenvalue weighted by Crippen LogP contribution is 2.30. The summed E-state index contributed by atoms with van der Waals surface area (Å²) in [6.45, 7) is 1.96. The zero-order chi connectivity index (χ0) is 13.8. The largest absolute Gasteiger partial charge is 0.369 e. The van der Waals surface area contributed by atoms with Gasteiger partial charge in [0.05, 0.1) is 5.92 Å². The van der Waals surface area contributed by atoms with Gasteiger partial charge in [0.25, 0.3) is 0 Å². The molecule has 1 saturated carbocycles. The van der Waals surface area contributed by atoms with E-state index in [1.54, 1.807) is 0 Å². The molecule has 108 valence electrons. The van der Waals surface area contributed by atoms with Gasteiger partial charge in [-0.1, -0.05) is 6.42 Å². The monoisotopic (exact) mass is 267 g/mol. The van der Waals surface area contributed by atoms with Crippen molar-refractivity contribution in [3.8, 4) is 0 Å². The molecule has 19 heavy (non-hydrogen) atoms. The highest BCUT2D eigenvalue weighted by Gasteiger charge is 2.33. The van der Waals surface area contributed by atoms with E-state index >= 15 is 0 Å². The van der Waals surface area contributed by atoms with Crippen LogP contribution in [0.1, 0.15) is 38.5 Å². The van der Waals surface area contributed by atoms with Gasteiger partial charge in [0.2, 0.25) is 11.8 Å². The lowest BCUT2D eigenvalue weighted by Gasteiger charge is -2.36. The van der Waals surface area contributed by atoms with E-state index in [2.05, 4.69) is 0 Å². The Kier molecular flexibility index (Phi) is 4.80. The smallest absolute Gasteiger partial charge is 0.225 e. The van der Waals surface area contributed by atoms with Crippen molar-refractivity contribution in [1.29, 1.82) is 0 Å². The zero-order valence-corrected chi connectivity index (χ0v) is 11.5. The van der Waals surface area contributed by atoms with E-state index in [4.69, 9.17) is 11.5 Å². The number of hydrogen-bond donors (Lipinski definition) is 2. The maximum absolute atomic E-state index is 12.5. The topological polar surface area (TPSA) is 89.4 Å². The summed E-state index contributed by atoms with van der Waals surface area (Å²) in [7, 11) is 0. The lowest BCUT2D eigenvalue weighted by molar-refractivity contribution is -0.140. The number of nitrogens with zero attached hydrogens (tertiary/aromatic N) is 1. The van der Waals surface area contributed by atoms with Crippen molar-refractivity contribution < 1.29 is 9.59 Å². The van der Waals surface area contributed by atoms with Gasteiger partial charge in [0.1, 0.15) is 0 Å². The molecule has 1 aliphatic heterocycles. The third-order valence-corrected chi connectivity index (χ3v) is 4.60. The van der Waals surface area contributed by atoms with Crippen molar-refractivity contribution >= 4 is 11.8 Å². The summed E-state index contributed by atoms with van der Waals surface area (Å²) >= 11 is 0. The van der Waals surface area contributed by atoms with Crippen LogP contribution in [0.2, 0.25) is 0 Å². The van der Waals surface area contributed by atoms with Crippen LogP contribution in [0.5, 0.6) is 0 Å². The first-order valence-corrected chi connectivity index (χ1v) is 7.40. The van der Waals surface area contributed by atoms with Crippen molar-refractivity contribution in [2.24, 2.45) is 29.2 Å². The Morgan fingerprint density at radius 3 is 2.53 bits per heavy atom. The number of piperidine rings is 1. The summed E-state index contributed by atoms with van der Waals surface area (Å²) in [6.07, 6.45) is 5.80. The van der Waals surface area contributed by atoms with Gasteiger partial charge in [-0.2, -0.15) is 0 Å². The summed E-state index contributed by atoms with van der Waals surface area (Å²) in [5.74, 6) is 0.366. The Bertz CT molecular complexity index is 346. The quantitative estimate of drug-likeness (QED) is 0.779. The summed E-state index contributed by atoms with van der Waals surface area (Å²) in [4.78, 5) is 25.6. The minimum Gasteiger partial charge on any atom is -0.369 e. The van der Waals surface area contributed by atoms with E-state index in [0.29, 0.717) is 19.0 Å². The Morgan fingerprint density at radius 1 is 1.11 bits per heavy atom. The highest BCUT2D eigenvalue weighted by molar-refractivity contribution is 5.81. The molecule has 2 amide bonds. The van der Waals surface area contributed by atoms with Crippen LogP contribution in [0.4, 0.5) is 0 Å². The second-order valence-corrected chi connectivity index (χ2v) is 5.99. The molecule has 3 unspecified atom stereocenters. The first kappa shape index (κ1) is 14.3. The molecular formula is C14H25N3O2. The van der Waals surface area contributed by atoms with Gasteiger partial charge < -0.3 is 16.4 Å². The number of primary amides is 1. The predicted molar refractivity (Wildman–Crippen MR) is 73.0 cm³/mol. The summed E-state index contributed by atoms with van der Waals surface area (Å²) in [5, 5.41) is 0. The SMILES string of the molecule is NCC1CCCC(C(=O)N2CCCC(C(N)=O)C2)C1. The molecule has 0 aromatic carbocycles. The fraction of sp³-hybridized carbons (Fsp3) is 0.857. The standard InChI is InChI=1S/C14H25N3O2/c15-8-10-3-1-4-11(7-10)14(19)17-6-2-5-12(9-17)13(16)18/h10-12H,1-9,15H2,(H2,16,18). The Morgan fingerprint density at radius 2 is 1.84 bits per heavy atom. The number of rotatable bonds is 3. The molecule has 5 nitrogen and oxygen atoms in total. The number of nitrogens with two attached hydrogens (primary N) is 2. The van der Waals surface area contributed by atoms with Crippen molar-refractivity contribution in [3.63, 3.8) is 0 Å². The lowest BCUT2D eigenvalue weighted by atomic mass is 9.80. The average molecular weight is 267 g/mol. The molecule has 3 atom stereocenters. The van der Waals surface area contributed by atoms with Crippen LogP contribution in [-0.2, 0) is 9.59 Å². The Hall–Kier alpha value is -1.10. The molecule has 1 saturated heterocycles. The Labute approximate surface area is 114 Å². The van der Waals surface area contributed by atoms with Crippen LogP contribution in [-0.4, -0.2) is 36.3 Å². The van der Waals surface area contributed by atoms with Crippen molar-refractivity contribution in [3.05, 3.63) is 0 Å². The molecule has 0 radical (unpaired) electrons. The minimum atomic E-state index is -0.277. The predicted octanol–water partition coefficient (Wildman–Crippen LogP) is 0.475. The normalized spacial score (nSPS) is 32.1. The molecule has 0 aromatic heterocycles. The number of hydrogen-bond acceptors (Lipinski definition) is 3. The molecule has 2 rings (SSSR count). The average Bonchev–Trinajstić information content (AvgIpc) is 2.46. The first-order chi connectivity index (χ1) is 9.11. The molecule has 4 N–H and O–H groups in total. The Balaban J connectivity index is 1.93. The van der Waals surface area contributed by atoms with E-state index in [-0.39, 0.29) is 23.7 Å². The van der Waals surface area contributed by atoms with Gasteiger partial charge in [0, 0.05) is 19.0 Å². The fourth-order valence-electron chi connectivity index (χ4n) is 3.40. The minimum absolute atomic E-state index is 0.105. The molecule has 0 bridgehead atoms. The third kappa shape index (κ3) is 3.47. The van der Waals surface area contributed by atoms with Gasteiger partial charge >= 0.3 is 0 Å². The fourth-order valence-corrected chi connectivity index (χ4v) is 3.40. The summed E-state index contributed by atoms with van der Waals surface area (Å²) in [5.41, 5.74) is 11.1. The second-order valence-electron chi connectivity index (χ2n) is 5.99. The van der Waals surface area contributed by atoms with E-state index in [1.807, 2.05) is 4.90 Å². The second kappa shape index (κ2) is 6.37. The molecule has 0 aromatic rings. The number of carbonyl (C=O) groups excluding carboxylic acids is 2. The van der Waals surface area contributed by atoms with Gasteiger partial charge in [-0.25, -0.2) is 0 Å². The molecule has 5 heteroatoms. The van der Waals surface area contributed by atoms with Crippen molar-refractivity contribution in [2.75, 3.05) is 19.6 Å². The van der Waals surface area contributed by atoms with Crippen molar-refractivity contribution in [1.82, 2.24) is 4.90 Å². The van der Waals surface area contributed by atoms with Gasteiger partial charge in [0.15, 0.2) is 0 Å². The van der Waals surface area contributed by atoms with Crippen LogP contribution in [0.25, 0.3) is 0 Å². The number of amides is 2. The highest BCUT2D eigenvalue weighted by atomic mass is 16.2. The van der Waals surface area contributed by atoms with Crippen LogP contribution in [0, 0.1) is 17.8 Å². The zero-order valence-electron chi connectivity index (χ0n) is 11.5. The lowest BCUT2D eigenvalue weighted by Crippen LogP contribution is -2.47. The van der Waals surface area contributed by atoms with E-state index < -0.39 is 0 Å². The van der Waals surface area contributed by atoms with Gasteiger partial charge in [-0.15, -0.1) is 0 Å². The molecule has 1 aliphatic carbocycles. The number of likely N-dealkylation sites (tertiary alicyclic amines) is 1. The first-order valence-electron chi connectivity index (χ1n) is 7.40. The molecule has 0 spiro atoms. The van der Waals surface area contributed by atoms with Crippen LogP contribution < -0.4 is 11.5 Å². The maximum atomic E-state index is 12.5. The van der Waals surface area contributed by atoms with Crippen molar-refractivity contribution in [2.45, 2.75) is 38.5 Å². The molecule has 2 fully saturated rings. The summed E-state index contributed by atoms with van der Waals surface area (Å²) < 4.78 is 0. The maximum Gasteiger partial charge on any atom is 0.225 e. The summed E-state index contributed by atoms with van der Waals surface area (Å²) in [6, 6.07) is 0. The molecular weight excluding hydrogens is 242 g/mol.